The van der Waals surface area contributed by atoms with E-state index in [1.165, 1.54) is 193 Å². The van der Waals surface area contributed by atoms with Gasteiger partial charge in [0, 0.05) is 12.3 Å². The van der Waals surface area contributed by atoms with E-state index >= 15 is 0 Å². The molecule has 216 valence electrons. The standard InChI is InChI=1S/C35H71N/c1-4-7-10-13-16-18-19-20-21-23-25-28-31-34-36-35(32-29-26-15-12-9-6-3)33-30-27-24-22-17-14-11-8-5-2/h4-34H2,1-3H3. The Morgan fingerprint density at radius 3 is 0.861 bits per heavy atom. The summed E-state index contributed by atoms with van der Waals surface area (Å²) in [6.45, 7) is 8.02. The van der Waals surface area contributed by atoms with Crippen molar-refractivity contribution in [2.75, 3.05) is 6.54 Å². The molecule has 0 amide bonds. The fraction of sp³-hybridized carbons (Fsp3) is 0.971. The lowest BCUT2D eigenvalue weighted by Gasteiger charge is -2.08. The Balaban J connectivity index is 3.84. The normalized spacial score (nSPS) is 12.0. The highest BCUT2D eigenvalue weighted by molar-refractivity contribution is 5.84. The highest BCUT2D eigenvalue weighted by atomic mass is 14.7. The van der Waals surface area contributed by atoms with Gasteiger partial charge in [0.15, 0.2) is 0 Å². The smallest absolute Gasteiger partial charge is 0.0388 e. The molecule has 0 bridgehead atoms. The molecule has 0 aromatic rings. The molecule has 0 aromatic carbocycles. The van der Waals surface area contributed by atoms with E-state index in [4.69, 9.17) is 4.99 Å². The SMILES string of the molecule is CCCCCCCCCCCCCCCN=C(CCCCCCCC)CCCCCCCCCCC. The van der Waals surface area contributed by atoms with Crippen LogP contribution in [0.3, 0.4) is 0 Å². The lowest BCUT2D eigenvalue weighted by Crippen LogP contribution is -2.01. The van der Waals surface area contributed by atoms with Gasteiger partial charge < -0.3 is 0 Å². The van der Waals surface area contributed by atoms with Gasteiger partial charge >= 0.3 is 0 Å². The van der Waals surface area contributed by atoms with E-state index in [1.54, 1.807) is 5.71 Å². The third kappa shape index (κ3) is 29.9. The van der Waals surface area contributed by atoms with Crippen LogP contribution in [0.5, 0.6) is 0 Å². The van der Waals surface area contributed by atoms with Crippen molar-refractivity contribution < 1.29 is 0 Å². The average molecular weight is 506 g/mol. The van der Waals surface area contributed by atoms with E-state index in [0.29, 0.717) is 0 Å². The second-order valence-corrected chi connectivity index (χ2v) is 11.8. The summed E-state index contributed by atoms with van der Waals surface area (Å²) in [5.74, 6) is 0. The fourth-order valence-electron chi connectivity index (χ4n) is 5.40. The van der Waals surface area contributed by atoms with Gasteiger partial charge in [-0.15, -0.1) is 0 Å². The number of rotatable bonds is 31. The van der Waals surface area contributed by atoms with Crippen LogP contribution in [-0.2, 0) is 0 Å². The van der Waals surface area contributed by atoms with Crippen LogP contribution in [-0.4, -0.2) is 12.3 Å². The van der Waals surface area contributed by atoms with Crippen LogP contribution in [0.4, 0.5) is 0 Å². The maximum absolute atomic E-state index is 5.13. The summed E-state index contributed by atoms with van der Waals surface area (Å²) >= 11 is 0. The highest BCUT2D eigenvalue weighted by Crippen LogP contribution is 2.15. The number of aliphatic imine (C=N–C) groups is 1. The predicted octanol–water partition coefficient (Wildman–Crippen LogP) is 13.2. The zero-order valence-electron chi connectivity index (χ0n) is 25.9. The quantitative estimate of drug-likeness (QED) is 0.0656. The molecule has 0 saturated heterocycles. The summed E-state index contributed by atoms with van der Waals surface area (Å²) < 4.78 is 0. The van der Waals surface area contributed by atoms with Gasteiger partial charge in [0.05, 0.1) is 0 Å². The van der Waals surface area contributed by atoms with Gasteiger partial charge in [-0.2, -0.15) is 0 Å². The Morgan fingerprint density at radius 2 is 0.556 bits per heavy atom. The zero-order valence-corrected chi connectivity index (χ0v) is 25.9. The Kier molecular flexibility index (Phi) is 32.4. The third-order valence-electron chi connectivity index (χ3n) is 7.98. The van der Waals surface area contributed by atoms with Crippen molar-refractivity contribution in [1.29, 1.82) is 0 Å². The first kappa shape index (κ1) is 35.7. The minimum absolute atomic E-state index is 1.10. The van der Waals surface area contributed by atoms with Crippen molar-refractivity contribution in [3.63, 3.8) is 0 Å². The zero-order chi connectivity index (χ0) is 26.2. The van der Waals surface area contributed by atoms with Crippen LogP contribution >= 0.6 is 0 Å². The van der Waals surface area contributed by atoms with E-state index < -0.39 is 0 Å². The first-order valence-electron chi connectivity index (χ1n) is 17.4. The molecule has 0 fully saturated rings. The maximum atomic E-state index is 5.13. The van der Waals surface area contributed by atoms with Crippen LogP contribution in [0.25, 0.3) is 0 Å². The third-order valence-corrected chi connectivity index (χ3v) is 7.98. The average Bonchev–Trinajstić information content (AvgIpc) is 2.89. The molecule has 0 radical (unpaired) electrons. The minimum atomic E-state index is 1.10. The molecular weight excluding hydrogens is 434 g/mol. The van der Waals surface area contributed by atoms with Crippen molar-refractivity contribution in [3.8, 4) is 0 Å². The van der Waals surface area contributed by atoms with Crippen LogP contribution in [0.2, 0.25) is 0 Å². The largest absolute Gasteiger partial charge is 0.294 e. The van der Waals surface area contributed by atoms with Gasteiger partial charge in [-0.3, -0.25) is 4.99 Å². The summed E-state index contributed by atoms with van der Waals surface area (Å²) in [7, 11) is 0. The molecular formula is C35H71N. The Bertz CT molecular complexity index is 413. The van der Waals surface area contributed by atoms with Gasteiger partial charge in [-0.25, -0.2) is 0 Å². The second-order valence-electron chi connectivity index (χ2n) is 11.8. The van der Waals surface area contributed by atoms with E-state index in [2.05, 4.69) is 20.8 Å². The van der Waals surface area contributed by atoms with Gasteiger partial charge in [0.1, 0.15) is 0 Å². The van der Waals surface area contributed by atoms with Crippen LogP contribution in [0.15, 0.2) is 4.99 Å². The van der Waals surface area contributed by atoms with E-state index in [9.17, 15) is 0 Å². The lowest BCUT2D eigenvalue weighted by molar-refractivity contribution is 0.540. The van der Waals surface area contributed by atoms with Crippen molar-refractivity contribution in [3.05, 3.63) is 0 Å². The topological polar surface area (TPSA) is 12.4 Å². The van der Waals surface area contributed by atoms with E-state index in [0.717, 1.165) is 6.54 Å². The maximum Gasteiger partial charge on any atom is 0.0388 e. The molecule has 0 N–H and O–H groups in total. The molecule has 0 saturated carbocycles. The molecule has 0 atom stereocenters. The summed E-state index contributed by atoms with van der Waals surface area (Å²) in [4.78, 5) is 5.13. The molecule has 0 rings (SSSR count). The van der Waals surface area contributed by atoms with Crippen molar-refractivity contribution in [2.24, 2.45) is 4.99 Å². The van der Waals surface area contributed by atoms with Crippen molar-refractivity contribution in [1.82, 2.24) is 0 Å². The second kappa shape index (κ2) is 32.7. The molecule has 0 aromatic heterocycles. The molecule has 0 aliphatic carbocycles. The number of unbranched alkanes of at least 4 members (excludes halogenated alkanes) is 25. The summed E-state index contributed by atoms with van der Waals surface area (Å²) in [5, 5.41) is 0. The molecule has 36 heavy (non-hydrogen) atoms. The van der Waals surface area contributed by atoms with E-state index in [1.807, 2.05) is 0 Å². The first-order valence-corrected chi connectivity index (χ1v) is 17.4. The molecule has 0 heterocycles. The summed E-state index contributed by atoms with van der Waals surface area (Å²) in [5.41, 5.74) is 1.56. The molecule has 0 unspecified atom stereocenters. The van der Waals surface area contributed by atoms with Crippen molar-refractivity contribution in [2.45, 2.75) is 213 Å². The molecule has 1 nitrogen and oxygen atoms in total. The Morgan fingerprint density at radius 1 is 0.306 bits per heavy atom. The fourth-order valence-corrected chi connectivity index (χ4v) is 5.40. The van der Waals surface area contributed by atoms with Crippen molar-refractivity contribution >= 4 is 5.71 Å². The lowest BCUT2D eigenvalue weighted by atomic mass is 10.0. The van der Waals surface area contributed by atoms with E-state index in [-0.39, 0.29) is 0 Å². The highest BCUT2D eigenvalue weighted by Gasteiger charge is 2.02. The summed E-state index contributed by atoms with van der Waals surface area (Å²) in [6.07, 6.45) is 42.4. The van der Waals surface area contributed by atoms with Crippen LogP contribution in [0, 0.1) is 0 Å². The molecule has 0 spiro atoms. The number of nitrogens with zero attached hydrogens (tertiary/aromatic N) is 1. The van der Waals surface area contributed by atoms with Crippen LogP contribution < -0.4 is 0 Å². The van der Waals surface area contributed by atoms with Gasteiger partial charge in [-0.1, -0.05) is 181 Å². The molecule has 0 aliphatic heterocycles. The molecule has 0 aliphatic rings. The Hall–Kier alpha value is -0.330. The first-order chi connectivity index (χ1) is 17.8. The Labute approximate surface area is 230 Å². The predicted molar refractivity (Wildman–Crippen MR) is 168 cm³/mol. The number of hydrogen-bond donors (Lipinski definition) is 0. The van der Waals surface area contributed by atoms with Crippen LogP contribution in [0.1, 0.15) is 213 Å². The monoisotopic (exact) mass is 506 g/mol. The van der Waals surface area contributed by atoms with Gasteiger partial charge in [-0.05, 0) is 32.1 Å². The van der Waals surface area contributed by atoms with Gasteiger partial charge in [0.2, 0.25) is 0 Å². The molecule has 1 heteroatoms. The minimum Gasteiger partial charge on any atom is -0.294 e. The van der Waals surface area contributed by atoms with Gasteiger partial charge in [0.25, 0.3) is 0 Å². The number of hydrogen-bond acceptors (Lipinski definition) is 1. The summed E-state index contributed by atoms with van der Waals surface area (Å²) in [6, 6.07) is 0.